The van der Waals surface area contributed by atoms with Crippen molar-refractivity contribution in [2.75, 3.05) is 0 Å². The Hall–Kier alpha value is -8.72. The molecule has 0 atom stereocenters. The maximum atomic E-state index is 7.43. The highest BCUT2D eigenvalue weighted by Gasteiger charge is 2.29. The Morgan fingerprint density at radius 1 is 0.373 bits per heavy atom. The van der Waals surface area contributed by atoms with Crippen molar-refractivity contribution in [2.24, 2.45) is 0 Å². The average Bonchev–Trinajstić information content (AvgIpc) is 3.98. The van der Waals surface area contributed by atoms with Gasteiger partial charge in [-0.3, -0.25) is 0 Å². The lowest BCUT2D eigenvalue weighted by Gasteiger charge is -2.16. The van der Waals surface area contributed by atoms with Gasteiger partial charge in [-0.2, -0.15) is 0 Å². The summed E-state index contributed by atoms with van der Waals surface area (Å²) < 4.78 is 14.9. The summed E-state index contributed by atoms with van der Waals surface area (Å²) in [5.74, 6) is 1.65. The van der Waals surface area contributed by atoms with Gasteiger partial charge in [0.2, 0.25) is 0 Å². The highest BCUT2D eigenvalue weighted by molar-refractivity contribution is 6.29. The van der Waals surface area contributed by atoms with E-state index < -0.39 is 0 Å². The van der Waals surface area contributed by atoms with E-state index in [1.165, 1.54) is 21.9 Å². The van der Waals surface area contributed by atoms with Crippen LogP contribution < -0.4 is 0 Å². The summed E-state index contributed by atoms with van der Waals surface area (Å²) in [5, 5.41) is 6.50. The highest BCUT2D eigenvalue weighted by Crippen LogP contribution is 2.53. The van der Waals surface area contributed by atoms with Gasteiger partial charge in [-0.15, -0.1) is 0 Å². The summed E-state index contributed by atoms with van der Waals surface area (Å²) in [6.45, 7) is 6.15. The van der Waals surface area contributed by atoms with E-state index in [1.54, 1.807) is 0 Å². The molecule has 0 fully saturated rings. The zero-order chi connectivity index (χ0) is 44.8. The van der Waals surface area contributed by atoms with Gasteiger partial charge in [0.25, 0.3) is 0 Å². The molecule has 0 unspecified atom stereocenters. The van der Waals surface area contributed by atoms with E-state index in [4.69, 9.17) is 8.83 Å². The Morgan fingerprint density at radius 2 is 0.821 bits per heavy atom. The molecule has 2 heteroatoms. The van der Waals surface area contributed by atoms with Crippen LogP contribution >= 0.6 is 0 Å². The van der Waals surface area contributed by atoms with Crippen LogP contribution in [-0.2, 0) is 0 Å². The first-order valence-corrected chi connectivity index (χ1v) is 22.9. The maximum Gasteiger partial charge on any atom is 0.144 e. The van der Waals surface area contributed by atoms with E-state index in [0.29, 0.717) is 0 Å². The summed E-state index contributed by atoms with van der Waals surface area (Å²) in [7, 11) is 0. The van der Waals surface area contributed by atoms with Crippen LogP contribution in [-0.4, -0.2) is 0 Å². The van der Waals surface area contributed by atoms with Crippen LogP contribution in [0.3, 0.4) is 0 Å². The van der Waals surface area contributed by atoms with Gasteiger partial charge >= 0.3 is 0 Å². The smallest absolute Gasteiger partial charge is 0.144 e. The van der Waals surface area contributed by atoms with E-state index in [0.717, 1.165) is 111 Å². The van der Waals surface area contributed by atoms with E-state index in [-0.39, 0.29) is 0 Å². The molecule has 2 nitrogen and oxygen atoms in total. The monoisotopic (exact) mass is 856 g/mol. The first-order chi connectivity index (χ1) is 33.1. The first kappa shape index (κ1) is 39.8. The second-order valence-corrected chi connectivity index (χ2v) is 17.2. The highest BCUT2D eigenvalue weighted by atomic mass is 16.3. The molecule has 316 valence electrons. The van der Waals surface area contributed by atoms with Crippen LogP contribution in [0.5, 0.6) is 0 Å². The van der Waals surface area contributed by atoms with Crippen molar-refractivity contribution >= 4 is 49.6 Å². The number of hydrogen-bond acceptors (Lipinski definition) is 2. The van der Waals surface area contributed by atoms with Gasteiger partial charge in [0.15, 0.2) is 0 Å². The summed E-state index contributed by atoms with van der Waals surface area (Å²) in [4.78, 5) is 0. The molecule has 0 aliphatic heterocycles. The number of fused-ring (bicyclic) bond motifs is 6. The number of benzene rings is 10. The SMILES string of the molecule is C=C/C=C\c1cc(-c2cc3c(-c4ccccc4)c(-c4ccccc4)oc3c3c(-c4ccc(-c5cccc6ccccc56)cc4)cc4c(-c5ccccc5)c(-c5ccccc5)oc4c23)ccc1C. The third kappa shape index (κ3) is 6.90. The zero-order valence-electron chi connectivity index (χ0n) is 37.0. The second kappa shape index (κ2) is 16.7. The van der Waals surface area contributed by atoms with Gasteiger partial charge in [0, 0.05) is 43.8 Å². The molecule has 0 saturated carbocycles. The molecule has 0 bridgehead atoms. The van der Waals surface area contributed by atoms with Crippen molar-refractivity contribution in [1.29, 1.82) is 0 Å². The molecule has 0 aliphatic carbocycles. The van der Waals surface area contributed by atoms with Crippen LogP contribution in [0.2, 0.25) is 0 Å². The van der Waals surface area contributed by atoms with Crippen molar-refractivity contribution < 1.29 is 8.83 Å². The average molecular weight is 857 g/mol. The van der Waals surface area contributed by atoms with E-state index in [1.807, 2.05) is 12.2 Å². The number of allylic oxidation sites excluding steroid dienone is 2. The lowest BCUT2D eigenvalue weighted by molar-refractivity contribution is 0.633. The summed E-state index contributed by atoms with van der Waals surface area (Å²) in [5.41, 5.74) is 16.8. The van der Waals surface area contributed by atoms with Gasteiger partial charge < -0.3 is 8.83 Å². The van der Waals surface area contributed by atoms with Crippen LogP contribution in [0, 0.1) is 6.92 Å². The van der Waals surface area contributed by atoms with Gasteiger partial charge in [-0.05, 0) is 91.5 Å². The van der Waals surface area contributed by atoms with Gasteiger partial charge in [-0.25, -0.2) is 0 Å². The molecule has 12 aromatic rings. The molecule has 0 aliphatic rings. The van der Waals surface area contributed by atoms with Gasteiger partial charge in [0.05, 0.1) is 0 Å². The Balaban J connectivity index is 1.27. The predicted molar refractivity (Wildman–Crippen MR) is 283 cm³/mol. The molecule has 0 spiro atoms. The first-order valence-electron chi connectivity index (χ1n) is 22.9. The molecule has 0 saturated heterocycles. The minimum Gasteiger partial charge on any atom is -0.455 e. The minimum atomic E-state index is 0.809. The van der Waals surface area contributed by atoms with Gasteiger partial charge in [-0.1, -0.05) is 225 Å². The largest absolute Gasteiger partial charge is 0.455 e. The Labute approximate surface area is 390 Å². The summed E-state index contributed by atoms with van der Waals surface area (Å²) >= 11 is 0. The van der Waals surface area contributed by atoms with E-state index >= 15 is 0 Å². The number of furan rings is 2. The van der Waals surface area contributed by atoms with Gasteiger partial charge in [0.1, 0.15) is 22.7 Å². The number of rotatable bonds is 9. The Kier molecular flexibility index (Phi) is 9.92. The van der Waals surface area contributed by atoms with Crippen molar-refractivity contribution in [2.45, 2.75) is 6.92 Å². The molecule has 2 heterocycles. The summed E-state index contributed by atoms with van der Waals surface area (Å²) in [6, 6.07) is 78.0. The fraction of sp³-hybridized carbons (Fsp3) is 0.0154. The fourth-order valence-corrected chi connectivity index (χ4v) is 10.00. The Morgan fingerprint density at radius 3 is 1.36 bits per heavy atom. The summed E-state index contributed by atoms with van der Waals surface area (Å²) in [6.07, 6.45) is 5.97. The predicted octanol–water partition coefficient (Wildman–Crippen LogP) is 18.7. The number of hydrogen-bond donors (Lipinski definition) is 0. The molecule has 0 N–H and O–H groups in total. The van der Waals surface area contributed by atoms with Crippen LogP contribution in [0.4, 0.5) is 0 Å². The minimum absolute atomic E-state index is 0.809. The molecule has 12 rings (SSSR count). The fourth-order valence-electron chi connectivity index (χ4n) is 10.00. The lowest BCUT2D eigenvalue weighted by atomic mass is 9.86. The van der Waals surface area contributed by atoms with Crippen LogP contribution in [0.1, 0.15) is 11.1 Å². The maximum absolute atomic E-state index is 7.43. The second-order valence-electron chi connectivity index (χ2n) is 17.2. The molecule has 2 aromatic heterocycles. The third-order valence-corrected chi connectivity index (χ3v) is 13.2. The quantitative estimate of drug-likeness (QED) is 0.135. The lowest BCUT2D eigenvalue weighted by Crippen LogP contribution is -1.91. The van der Waals surface area contributed by atoms with E-state index in [2.05, 4.69) is 238 Å². The van der Waals surface area contributed by atoms with E-state index in [9.17, 15) is 0 Å². The third-order valence-electron chi connectivity index (χ3n) is 13.2. The van der Waals surface area contributed by atoms with Crippen molar-refractivity contribution in [3.05, 3.63) is 248 Å². The molecule has 0 radical (unpaired) electrons. The van der Waals surface area contributed by atoms with Crippen molar-refractivity contribution in [3.8, 4) is 78.3 Å². The standard InChI is InChI=1S/C65H44O2/c1-3-4-20-50-39-51(34-33-42(50)2)55-41-57-59(47-24-11-6-12-25-47)63(49-28-15-8-16-29-49)66-64(57)60-54(45-37-35-44(36-38-45)53-32-19-30-43-21-17-18-31-52(43)53)40-56-58(46-22-9-5-10-23-46)62(67-65(56)61(55)60)48-26-13-7-14-27-48/h3-41H,1H2,2H3/b20-4-. The van der Waals surface area contributed by atoms with Crippen molar-refractivity contribution in [1.82, 2.24) is 0 Å². The van der Waals surface area contributed by atoms with Crippen molar-refractivity contribution in [3.63, 3.8) is 0 Å². The van der Waals surface area contributed by atoms with Crippen LogP contribution in [0.15, 0.2) is 246 Å². The topological polar surface area (TPSA) is 26.3 Å². The number of aryl methyl sites for hydroxylation is 1. The molecular formula is C65H44O2. The normalized spacial score (nSPS) is 11.7. The zero-order valence-corrected chi connectivity index (χ0v) is 37.0. The molecule has 0 amide bonds. The molecule has 10 aromatic carbocycles. The molecular weight excluding hydrogens is 813 g/mol. The molecule has 67 heavy (non-hydrogen) atoms. The van der Waals surface area contributed by atoms with Crippen LogP contribution in [0.25, 0.3) is 128 Å². The Bertz CT molecular complexity index is 3790.